The summed E-state index contributed by atoms with van der Waals surface area (Å²) in [5.41, 5.74) is 1.39. The lowest BCUT2D eigenvalue weighted by Crippen LogP contribution is -2.23. The molecule has 0 unspecified atom stereocenters. The van der Waals surface area contributed by atoms with Crippen molar-refractivity contribution in [3.8, 4) is 0 Å². The summed E-state index contributed by atoms with van der Waals surface area (Å²) in [4.78, 5) is 0. The van der Waals surface area contributed by atoms with Gasteiger partial charge in [0.1, 0.15) is 0 Å². The molecule has 0 radical (unpaired) electrons. The van der Waals surface area contributed by atoms with Crippen molar-refractivity contribution in [3.05, 3.63) is 11.8 Å². The molecule has 13 heavy (non-hydrogen) atoms. The van der Waals surface area contributed by atoms with Gasteiger partial charge >= 0.3 is 0 Å². The van der Waals surface area contributed by atoms with E-state index in [4.69, 9.17) is 0 Å². The summed E-state index contributed by atoms with van der Waals surface area (Å²) < 4.78 is 2.58. The van der Waals surface area contributed by atoms with Gasteiger partial charge in [-0.25, -0.2) is 0 Å². The van der Waals surface area contributed by atoms with Crippen LogP contribution in [-0.2, 0) is 0 Å². The summed E-state index contributed by atoms with van der Waals surface area (Å²) >= 11 is 0. The molecule has 0 bridgehead atoms. The molecule has 0 atom stereocenters. The molecular weight excluding hydrogens is 198 g/mol. The zero-order chi connectivity index (χ0) is 10.9. The van der Waals surface area contributed by atoms with Crippen LogP contribution in [0.15, 0.2) is 11.8 Å². The third-order valence-corrected chi connectivity index (χ3v) is 6.50. The summed E-state index contributed by atoms with van der Waals surface area (Å²) in [7, 11) is -1.25. The van der Waals surface area contributed by atoms with E-state index in [0.29, 0.717) is 0 Å². The molecule has 0 aliphatic rings. The Balaban J connectivity index is 4.90. The Morgan fingerprint density at radius 2 is 1.15 bits per heavy atom. The zero-order valence-electron chi connectivity index (χ0n) is 10.3. The predicted molar refractivity (Wildman–Crippen MR) is 72.0 cm³/mol. The molecule has 0 spiro atoms. The van der Waals surface area contributed by atoms with Crippen LogP contribution in [0, 0.1) is 0 Å². The minimum Gasteiger partial charge on any atom is -0.306 e. The fourth-order valence-corrected chi connectivity index (χ4v) is 7.62. The Morgan fingerprint density at radius 3 is 1.23 bits per heavy atom. The van der Waals surface area contributed by atoms with Crippen LogP contribution >= 0.6 is 20.4 Å². The van der Waals surface area contributed by atoms with Crippen molar-refractivity contribution in [2.75, 3.05) is 37.5 Å². The maximum atomic E-state index is 2.58. The third-order valence-electron chi connectivity index (χ3n) is 1.44. The molecular formula is C10H25NS2. The van der Waals surface area contributed by atoms with Crippen molar-refractivity contribution >= 4 is 20.4 Å². The van der Waals surface area contributed by atoms with Crippen LogP contribution in [0.4, 0.5) is 0 Å². The van der Waals surface area contributed by atoms with E-state index in [0.717, 1.165) is 0 Å². The van der Waals surface area contributed by atoms with Crippen LogP contribution in [0.1, 0.15) is 13.8 Å². The number of allylic oxidation sites excluding steroid dienone is 1. The summed E-state index contributed by atoms with van der Waals surface area (Å²) in [6.45, 7) is 4.34. The highest BCUT2D eigenvalue weighted by Crippen LogP contribution is 2.57. The Kier molecular flexibility index (Phi) is 4.25. The Labute approximate surface area is 87.5 Å². The van der Waals surface area contributed by atoms with E-state index in [1.54, 1.807) is 0 Å². The number of hydrogen-bond acceptors (Lipinski definition) is 1. The Morgan fingerprint density at radius 1 is 0.846 bits per heavy atom. The topological polar surface area (TPSA) is 3.24 Å². The van der Waals surface area contributed by atoms with Gasteiger partial charge in [0, 0.05) is 6.20 Å². The Bertz CT molecular complexity index is 178. The first-order chi connectivity index (χ1) is 5.55. The molecule has 82 valence electrons. The third kappa shape index (κ3) is 4.87. The lowest BCUT2D eigenvalue weighted by atomic mass is 10.4. The van der Waals surface area contributed by atoms with E-state index in [1.165, 1.54) is 5.57 Å². The molecule has 0 N–H and O–H groups in total. The summed E-state index contributed by atoms with van der Waals surface area (Å²) in [6.07, 6.45) is 16.4. The van der Waals surface area contributed by atoms with Crippen molar-refractivity contribution in [2.24, 2.45) is 0 Å². The molecule has 0 fully saturated rings. The molecule has 0 rings (SSSR count). The van der Waals surface area contributed by atoms with Crippen LogP contribution in [0.5, 0.6) is 0 Å². The van der Waals surface area contributed by atoms with Gasteiger partial charge in [-0.1, -0.05) is 5.57 Å². The molecule has 0 saturated carbocycles. The van der Waals surface area contributed by atoms with Gasteiger partial charge in [0.05, 0.1) is 0 Å². The second-order valence-electron chi connectivity index (χ2n) is 5.04. The highest BCUT2D eigenvalue weighted by Gasteiger charge is 2.21. The van der Waals surface area contributed by atoms with E-state index >= 15 is 0 Å². The van der Waals surface area contributed by atoms with Gasteiger partial charge in [-0.3, -0.25) is 0 Å². The molecule has 0 aliphatic heterocycles. The van der Waals surface area contributed by atoms with Gasteiger partial charge in [-0.05, 0) is 51.4 Å². The van der Waals surface area contributed by atoms with E-state index in [1.807, 2.05) is 0 Å². The van der Waals surface area contributed by atoms with Crippen molar-refractivity contribution in [1.82, 2.24) is 3.71 Å². The summed E-state index contributed by atoms with van der Waals surface area (Å²) in [5.74, 6) is 0. The molecule has 0 saturated heterocycles. The minimum absolute atomic E-state index is 0.624. The van der Waals surface area contributed by atoms with E-state index in [9.17, 15) is 0 Å². The maximum Gasteiger partial charge on any atom is 0.0182 e. The van der Waals surface area contributed by atoms with Crippen LogP contribution in [0.3, 0.4) is 0 Å². The van der Waals surface area contributed by atoms with Crippen LogP contribution in [0.2, 0.25) is 0 Å². The van der Waals surface area contributed by atoms with Gasteiger partial charge in [0.15, 0.2) is 0 Å². The van der Waals surface area contributed by atoms with Gasteiger partial charge in [-0.15, -0.1) is 0 Å². The SMILES string of the molecule is CC(C)=CN(S(C)(C)C)S(C)(C)C. The fourth-order valence-electron chi connectivity index (χ4n) is 1.20. The van der Waals surface area contributed by atoms with Gasteiger partial charge in [-0.2, -0.15) is 20.4 Å². The standard InChI is InChI=1S/C10H25NS2/c1-10(2)9-11(12(3,4)5)13(6,7)8/h9H,1-8H3. The fraction of sp³-hybridized carbons (Fsp3) is 0.800. The van der Waals surface area contributed by atoms with Gasteiger partial charge in [0.25, 0.3) is 0 Å². The number of nitrogens with zero attached hydrogens (tertiary/aromatic N) is 1. The number of rotatable bonds is 3. The van der Waals surface area contributed by atoms with Crippen LogP contribution in [-0.4, -0.2) is 41.2 Å². The summed E-state index contributed by atoms with van der Waals surface area (Å²) in [5, 5.41) is 0. The first-order valence-corrected chi connectivity index (χ1v) is 9.99. The molecule has 1 nitrogen and oxygen atoms in total. The Hall–Kier alpha value is 0.240. The van der Waals surface area contributed by atoms with E-state index in [2.05, 4.69) is 61.3 Å². The van der Waals surface area contributed by atoms with E-state index < -0.39 is 20.4 Å². The van der Waals surface area contributed by atoms with Crippen molar-refractivity contribution in [3.63, 3.8) is 0 Å². The lowest BCUT2D eigenvalue weighted by molar-refractivity contribution is 0.969. The van der Waals surface area contributed by atoms with E-state index in [-0.39, 0.29) is 0 Å². The minimum atomic E-state index is -0.624. The molecule has 0 heterocycles. The largest absolute Gasteiger partial charge is 0.306 e. The van der Waals surface area contributed by atoms with Crippen LogP contribution in [0.25, 0.3) is 0 Å². The first kappa shape index (κ1) is 13.2. The molecule has 0 aromatic heterocycles. The highest BCUT2D eigenvalue weighted by atomic mass is 32.3. The second kappa shape index (κ2) is 4.18. The molecule has 0 aromatic rings. The number of hydrogen-bond donors (Lipinski definition) is 0. The van der Waals surface area contributed by atoms with Crippen molar-refractivity contribution in [1.29, 1.82) is 0 Å². The second-order valence-corrected chi connectivity index (χ2v) is 13.1. The van der Waals surface area contributed by atoms with Crippen molar-refractivity contribution in [2.45, 2.75) is 13.8 Å². The molecule has 0 amide bonds. The average Bonchev–Trinajstić information content (AvgIpc) is 1.77. The molecule has 0 aliphatic carbocycles. The molecule has 3 heteroatoms. The maximum absolute atomic E-state index is 2.58. The normalized spacial score (nSPS) is 15.1. The quantitative estimate of drug-likeness (QED) is 0.708. The van der Waals surface area contributed by atoms with Crippen molar-refractivity contribution < 1.29 is 0 Å². The first-order valence-electron chi connectivity index (χ1n) is 4.36. The zero-order valence-corrected chi connectivity index (χ0v) is 12.0. The summed E-state index contributed by atoms with van der Waals surface area (Å²) in [6, 6.07) is 0. The van der Waals surface area contributed by atoms with Crippen LogP contribution < -0.4 is 0 Å². The average molecular weight is 223 g/mol. The van der Waals surface area contributed by atoms with Gasteiger partial charge < -0.3 is 3.71 Å². The highest BCUT2D eigenvalue weighted by molar-refractivity contribution is 8.44. The lowest BCUT2D eigenvalue weighted by Gasteiger charge is -2.51. The van der Waals surface area contributed by atoms with Gasteiger partial charge in [0.2, 0.25) is 0 Å². The molecule has 0 aromatic carbocycles. The monoisotopic (exact) mass is 223 g/mol. The smallest absolute Gasteiger partial charge is 0.0182 e. The predicted octanol–water partition coefficient (Wildman–Crippen LogP) is 3.43.